The zero-order valence-corrected chi connectivity index (χ0v) is 24.0. The molecule has 3 rings (SSSR count). The van der Waals surface area contributed by atoms with E-state index in [0.29, 0.717) is 36.2 Å². The second-order valence-corrected chi connectivity index (χ2v) is 11.2. The molecule has 10 nitrogen and oxygen atoms in total. The Labute approximate surface area is 235 Å². The predicted molar refractivity (Wildman–Crippen MR) is 152 cm³/mol. The third-order valence-electron chi connectivity index (χ3n) is 6.78. The minimum atomic E-state index is -0.639. The molecule has 3 N–H and O–H groups in total. The van der Waals surface area contributed by atoms with Gasteiger partial charge in [-0.25, -0.2) is 9.78 Å². The monoisotopic (exact) mass is 553 g/mol. The van der Waals surface area contributed by atoms with Crippen molar-refractivity contribution in [3.8, 4) is 6.07 Å². The molecule has 0 spiro atoms. The summed E-state index contributed by atoms with van der Waals surface area (Å²) in [7, 11) is 1.56. The number of rotatable bonds is 12. The SMILES string of the molecule is C[C@@H](C(=O)N[C@H]1C[C@@H](CCc2cnc(Nc3ccc(C#N)cc3)nc2NCCCF)C1)N(C)C(=O)OC(C)(C)C. The summed E-state index contributed by atoms with van der Waals surface area (Å²) in [5.41, 5.74) is 1.65. The molecule has 1 saturated carbocycles. The van der Waals surface area contributed by atoms with Crippen molar-refractivity contribution in [2.45, 2.75) is 77.5 Å². The van der Waals surface area contributed by atoms with Crippen LogP contribution in [0.1, 0.15) is 64.5 Å². The third kappa shape index (κ3) is 9.07. The normalized spacial score (nSPS) is 17.1. The van der Waals surface area contributed by atoms with Crippen LogP contribution in [-0.4, -0.2) is 64.8 Å². The highest BCUT2D eigenvalue weighted by molar-refractivity contribution is 5.85. The molecule has 1 fully saturated rings. The number of aryl methyl sites for hydroxylation is 1. The zero-order chi connectivity index (χ0) is 29.3. The van der Waals surface area contributed by atoms with E-state index in [1.807, 2.05) is 0 Å². The van der Waals surface area contributed by atoms with Crippen LogP contribution in [0.4, 0.5) is 26.6 Å². The fourth-order valence-corrected chi connectivity index (χ4v) is 4.27. The molecule has 0 bridgehead atoms. The summed E-state index contributed by atoms with van der Waals surface area (Å²) >= 11 is 0. The van der Waals surface area contributed by atoms with Crippen LogP contribution in [0.5, 0.6) is 0 Å². The fraction of sp³-hybridized carbons (Fsp3) is 0.552. The van der Waals surface area contributed by atoms with Gasteiger partial charge in [-0.2, -0.15) is 10.2 Å². The van der Waals surface area contributed by atoms with Gasteiger partial charge in [0.15, 0.2) is 0 Å². The third-order valence-corrected chi connectivity index (χ3v) is 6.78. The second-order valence-electron chi connectivity index (χ2n) is 11.2. The van der Waals surface area contributed by atoms with Gasteiger partial charge < -0.3 is 20.7 Å². The first-order valence-corrected chi connectivity index (χ1v) is 13.7. The first kappa shape index (κ1) is 30.6. The molecule has 1 heterocycles. The summed E-state index contributed by atoms with van der Waals surface area (Å²) in [6.45, 7) is 7.10. The van der Waals surface area contributed by atoms with Gasteiger partial charge >= 0.3 is 6.09 Å². The fourth-order valence-electron chi connectivity index (χ4n) is 4.27. The van der Waals surface area contributed by atoms with E-state index in [1.165, 1.54) is 4.90 Å². The second kappa shape index (κ2) is 13.9. The number of nitrogens with one attached hydrogen (secondary N) is 3. The van der Waals surface area contributed by atoms with Gasteiger partial charge in [0.2, 0.25) is 11.9 Å². The van der Waals surface area contributed by atoms with Crippen LogP contribution in [0.25, 0.3) is 0 Å². The molecule has 2 aromatic rings. The molecule has 1 aliphatic carbocycles. The van der Waals surface area contributed by atoms with Crippen LogP contribution in [-0.2, 0) is 16.0 Å². The summed E-state index contributed by atoms with van der Waals surface area (Å²) < 4.78 is 18.0. The maximum atomic E-state index is 12.7. The summed E-state index contributed by atoms with van der Waals surface area (Å²) in [5.74, 6) is 1.32. The van der Waals surface area contributed by atoms with Crippen LogP contribution in [0.3, 0.4) is 0 Å². The minimum absolute atomic E-state index is 0.0735. The number of alkyl halides is 1. The Balaban J connectivity index is 1.50. The van der Waals surface area contributed by atoms with Gasteiger partial charge in [-0.3, -0.25) is 14.1 Å². The van der Waals surface area contributed by atoms with Crippen molar-refractivity contribution >= 4 is 29.5 Å². The molecule has 1 atom stereocenters. The molecule has 1 aliphatic rings. The Morgan fingerprint density at radius 2 is 1.95 bits per heavy atom. The lowest BCUT2D eigenvalue weighted by Crippen LogP contribution is -2.52. The van der Waals surface area contributed by atoms with Gasteiger partial charge in [0.05, 0.1) is 18.3 Å². The van der Waals surface area contributed by atoms with Gasteiger partial charge in [-0.05, 0) is 90.0 Å². The predicted octanol–water partition coefficient (Wildman–Crippen LogP) is 4.95. The van der Waals surface area contributed by atoms with E-state index < -0.39 is 24.4 Å². The molecular formula is C29H40FN7O3. The van der Waals surface area contributed by atoms with Crippen LogP contribution in [0, 0.1) is 17.2 Å². The largest absolute Gasteiger partial charge is 0.444 e. The number of amides is 2. The number of aromatic nitrogens is 2. The molecular weight excluding hydrogens is 513 g/mol. The van der Waals surface area contributed by atoms with Crippen LogP contribution >= 0.6 is 0 Å². The minimum Gasteiger partial charge on any atom is -0.444 e. The standard InChI is InChI=1S/C29H40FN7O3/c1-19(37(5)28(39)40-29(2,3)4)26(38)34-24-15-21(16-24)7-10-22-18-33-27(36-25(22)32-14-6-13-30)35-23-11-8-20(17-31)9-12-23/h8-9,11-12,18-19,21,24H,6-7,10,13-16H2,1-5H3,(H,34,38)(H2,32,33,35,36)/t19-,21-,24+/m0/s1. The van der Waals surface area contributed by atoms with Gasteiger partial charge in [0, 0.05) is 37.1 Å². The molecule has 2 amide bonds. The number of likely N-dealkylation sites (N-methyl/N-ethyl adjacent to an activating group) is 1. The van der Waals surface area contributed by atoms with Crippen molar-refractivity contribution < 1.29 is 18.7 Å². The van der Waals surface area contributed by atoms with Gasteiger partial charge in [0.25, 0.3) is 0 Å². The average molecular weight is 554 g/mol. The van der Waals surface area contributed by atoms with E-state index in [0.717, 1.165) is 36.9 Å². The van der Waals surface area contributed by atoms with Crippen molar-refractivity contribution in [2.24, 2.45) is 5.92 Å². The summed E-state index contributed by atoms with van der Waals surface area (Å²) in [6, 6.07) is 8.52. The quantitative estimate of drug-likeness (QED) is 0.315. The Kier molecular flexibility index (Phi) is 10.6. The molecule has 0 aliphatic heterocycles. The number of hydrogen-bond donors (Lipinski definition) is 3. The highest BCUT2D eigenvalue weighted by Crippen LogP contribution is 2.32. The van der Waals surface area contributed by atoms with E-state index in [4.69, 9.17) is 10.00 Å². The average Bonchev–Trinajstić information content (AvgIpc) is 2.89. The maximum absolute atomic E-state index is 12.7. The number of nitriles is 1. The molecule has 0 unspecified atom stereocenters. The number of carbonyl (C=O) groups is 2. The Hall–Kier alpha value is -3.94. The number of benzene rings is 1. The first-order valence-electron chi connectivity index (χ1n) is 13.7. The van der Waals surface area contributed by atoms with E-state index >= 15 is 0 Å². The topological polar surface area (TPSA) is 132 Å². The molecule has 1 aromatic heterocycles. The van der Waals surface area contributed by atoms with Crippen LogP contribution < -0.4 is 16.0 Å². The van der Waals surface area contributed by atoms with E-state index in [1.54, 1.807) is 65.2 Å². The molecule has 40 heavy (non-hydrogen) atoms. The van der Waals surface area contributed by atoms with Gasteiger partial charge in [-0.15, -0.1) is 0 Å². The van der Waals surface area contributed by atoms with E-state index in [9.17, 15) is 14.0 Å². The number of ether oxygens (including phenoxy) is 1. The highest BCUT2D eigenvalue weighted by atomic mass is 19.1. The molecule has 11 heteroatoms. The number of halogens is 1. The molecule has 216 valence electrons. The van der Waals surface area contributed by atoms with Crippen LogP contribution in [0.2, 0.25) is 0 Å². The maximum Gasteiger partial charge on any atom is 0.410 e. The molecule has 0 saturated heterocycles. The number of nitrogens with zero attached hydrogens (tertiary/aromatic N) is 4. The summed E-state index contributed by atoms with van der Waals surface area (Å²) in [5, 5.41) is 18.4. The van der Waals surface area contributed by atoms with E-state index in [-0.39, 0.29) is 11.9 Å². The van der Waals surface area contributed by atoms with Crippen molar-refractivity contribution in [3.63, 3.8) is 0 Å². The van der Waals surface area contributed by atoms with Gasteiger partial charge in [-0.1, -0.05) is 0 Å². The summed E-state index contributed by atoms with van der Waals surface area (Å²) in [6.07, 6.45) is 5.01. The van der Waals surface area contributed by atoms with Crippen molar-refractivity contribution in [1.29, 1.82) is 5.26 Å². The lowest BCUT2D eigenvalue weighted by atomic mass is 9.77. The van der Waals surface area contributed by atoms with Crippen molar-refractivity contribution in [1.82, 2.24) is 20.2 Å². The molecule has 0 radical (unpaired) electrons. The van der Waals surface area contributed by atoms with Crippen LogP contribution in [0.15, 0.2) is 30.5 Å². The molecule has 1 aromatic carbocycles. The lowest BCUT2D eigenvalue weighted by Gasteiger charge is -2.37. The highest BCUT2D eigenvalue weighted by Gasteiger charge is 2.33. The Morgan fingerprint density at radius 3 is 2.58 bits per heavy atom. The Bertz CT molecular complexity index is 1190. The van der Waals surface area contributed by atoms with Gasteiger partial charge in [0.1, 0.15) is 17.5 Å². The number of hydrogen-bond acceptors (Lipinski definition) is 8. The number of carbonyl (C=O) groups excluding carboxylic acids is 2. The lowest BCUT2D eigenvalue weighted by molar-refractivity contribution is -0.127. The van der Waals surface area contributed by atoms with Crippen molar-refractivity contribution in [3.05, 3.63) is 41.6 Å². The zero-order valence-electron chi connectivity index (χ0n) is 24.0. The van der Waals surface area contributed by atoms with Crippen molar-refractivity contribution in [2.75, 3.05) is 30.9 Å². The smallest absolute Gasteiger partial charge is 0.410 e. The van der Waals surface area contributed by atoms with E-state index in [2.05, 4.69) is 32.0 Å². The number of anilines is 3. The summed E-state index contributed by atoms with van der Waals surface area (Å²) in [4.78, 5) is 35.3. The Morgan fingerprint density at radius 1 is 1.25 bits per heavy atom. The first-order chi connectivity index (χ1) is 19.0.